The molecule has 1 fully saturated rings. The first kappa shape index (κ1) is 12.0. The van der Waals surface area contributed by atoms with Crippen LogP contribution in [0.1, 0.15) is 41.5 Å². The van der Waals surface area contributed by atoms with Gasteiger partial charge in [0.15, 0.2) is 0 Å². The topological polar surface area (TPSA) is 15.3 Å². The molecular weight excluding hydrogens is 172 g/mol. The van der Waals surface area contributed by atoms with Gasteiger partial charge in [0.05, 0.1) is 0 Å². The maximum atomic E-state index is 3.50. The Kier molecular flexibility index (Phi) is 3.27. The monoisotopic (exact) mass is 198 g/mol. The van der Waals surface area contributed by atoms with Gasteiger partial charge in [-0.1, -0.05) is 20.8 Å². The molecule has 2 nitrogen and oxygen atoms in total. The number of piperazine rings is 1. The zero-order valence-electron chi connectivity index (χ0n) is 10.6. The van der Waals surface area contributed by atoms with Crippen molar-refractivity contribution in [3.8, 4) is 0 Å². The Hall–Kier alpha value is -0.0800. The average Bonchev–Trinajstić information content (AvgIpc) is 2.01. The van der Waals surface area contributed by atoms with Crippen LogP contribution in [0.2, 0.25) is 0 Å². The SMILES string of the molecule is CC(C)(C)[C@@H]1CNCCN1C(C)(C)C. The molecule has 0 saturated carbocycles. The fraction of sp³-hybridized carbons (Fsp3) is 1.00. The molecule has 1 heterocycles. The van der Waals surface area contributed by atoms with Gasteiger partial charge in [0, 0.05) is 31.2 Å². The van der Waals surface area contributed by atoms with E-state index in [1.807, 2.05) is 0 Å². The van der Waals surface area contributed by atoms with Crippen LogP contribution >= 0.6 is 0 Å². The second kappa shape index (κ2) is 3.82. The first-order valence-corrected chi connectivity index (χ1v) is 5.70. The number of nitrogens with zero attached hydrogens (tertiary/aromatic N) is 1. The highest BCUT2D eigenvalue weighted by Crippen LogP contribution is 2.30. The molecule has 0 aliphatic carbocycles. The summed E-state index contributed by atoms with van der Waals surface area (Å²) >= 11 is 0. The van der Waals surface area contributed by atoms with Crippen LogP contribution < -0.4 is 5.32 Å². The lowest BCUT2D eigenvalue weighted by atomic mass is 9.82. The van der Waals surface area contributed by atoms with Crippen LogP contribution in [-0.4, -0.2) is 36.1 Å². The van der Waals surface area contributed by atoms with Crippen LogP contribution in [-0.2, 0) is 0 Å². The highest BCUT2D eigenvalue weighted by molar-refractivity contribution is 4.93. The Bertz CT molecular complexity index is 163. The summed E-state index contributed by atoms with van der Waals surface area (Å²) in [4.78, 5) is 2.64. The van der Waals surface area contributed by atoms with Crippen molar-refractivity contribution in [3.63, 3.8) is 0 Å². The number of hydrogen-bond donors (Lipinski definition) is 1. The molecule has 84 valence electrons. The highest BCUT2D eigenvalue weighted by Gasteiger charge is 2.37. The Balaban J connectivity index is 2.80. The molecule has 2 heteroatoms. The van der Waals surface area contributed by atoms with Crippen LogP contribution in [0.15, 0.2) is 0 Å². The quantitative estimate of drug-likeness (QED) is 0.641. The van der Waals surface area contributed by atoms with E-state index in [4.69, 9.17) is 0 Å². The first-order chi connectivity index (χ1) is 6.23. The standard InChI is InChI=1S/C12H26N2/c1-11(2,3)10-9-13-7-8-14(10)12(4,5)6/h10,13H,7-9H2,1-6H3/t10-/m0/s1. The highest BCUT2D eigenvalue weighted by atomic mass is 15.3. The van der Waals surface area contributed by atoms with Crippen LogP contribution in [0.25, 0.3) is 0 Å². The third-order valence-corrected chi connectivity index (χ3v) is 3.10. The van der Waals surface area contributed by atoms with Gasteiger partial charge in [0.25, 0.3) is 0 Å². The Morgan fingerprint density at radius 2 is 1.64 bits per heavy atom. The number of nitrogens with one attached hydrogen (secondary N) is 1. The second-order valence-corrected chi connectivity index (χ2v) is 6.45. The van der Waals surface area contributed by atoms with Crippen LogP contribution in [0, 0.1) is 5.41 Å². The van der Waals surface area contributed by atoms with Crippen molar-refractivity contribution in [2.45, 2.75) is 53.1 Å². The Morgan fingerprint density at radius 1 is 1.07 bits per heavy atom. The van der Waals surface area contributed by atoms with Crippen LogP contribution in [0.4, 0.5) is 0 Å². The fourth-order valence-corrected chi connectivity index (χ4v) is 2.28. The minimum atomic E-state index is 0.292. The molecule has 0 aromatic carbocycles. The lowest BCUT2D eigenvalue weighted by Gasteiger charge is -2.50. The van der Waals surface area contributed by atoms with E-state index in [9.17, 15) is 0 Å². The normalized spacial score (nSPS) is 26.6. The molecule has 1 aliphatic rings. The van der Waals surface area contributed by atoms with Crippen molar-refractivity contribution in [2.75, 3.05) is 19.6 Å². The van der Waals surface area contributed by atoms with Crippen LogP contribution in [0.3, 0.4) is 0 Å². The van der Waals surface area contributed by atoms with Gasteiger partial charge in [-0.15, -0.1) is 0 Å². The van der Waals surface area contributed by atoms with Gasteiger partial charge in [0.2, 0.25) is 0 Å². The maximum Gasteiger partial charge on any atom is 0.0274 e. The molecule has 1 N–H and O–H groups in total. The van der Waals surface area contributed by atoms with E-state index in [2.05, 4.69) is 51.8 Å². The molecule has 0 aromatic rings. The zero-order chi connectivity index (χ0) is 11.0. The first-order valence-electron chi connectivity index (χ1n) is 5.70. The van der Waals surface area contributed by atoms with Gasteiger partial charge in [-0.05, 0) is 26.2 Å². The van der Waals surface area contributed by atoms with Crippen molar-refractivity contribution in [2.24, 2.45) is 5.41 Å². The van der Waals surface area contributed by atoms with E-state index in [1.54, 1.807) is 0 Å². The molecule has 1 saturated heterocycles. The smallest absolute Gasteiger partial charge is 0.0274 e. The van der Waals surface area contributed by atoms with E-state index in [-0.39, 0.29) is 0 Å². The van der Waals surface area contributed by atoms with Crippen molar-refractivity contribution in [1.29, 1.82) is 0 Å². The molecule has 14 heavy (non-hydrogen) atoms. The zero-order valence-corrected chi connectivity index (χ0v) is 10.6. The van der Waals surface area contributed by atoms with Crippen LogP contribution in [0.5, 0.6) is 0 Å². The number of rotatable bonds is 0. The van der Waals surface area contributed by atoms with Gasteiger partial charge in [-0.25, -0.2) is 0 Å². The lowest BCUT2D eigenvalue weighted by Crippen LogP contribution is -2.62. The van der Waals surface area contributed by atoms with Crippen molar-refractivity contribution in [1.82, 2.24) is 10.2 Å². The van der Waals surface area contributed by atoms with Crippen molar-refractivity contribution < 1.29 is 0 Å². The molecule has 0 aromatic heterocycles. The Morgan fingerprint density at radius 3 is 2.00 bits per heavy atom. The molecule has 1 rings (SSSR count). The third-order valence-electron chi connectivity index (χ3n) is 3.10. The molecule has 0 radical (unpaired) electrons. The summed E-state index contributed by atoms with van der Waals surface area (Å²) in [6.07, 6.45) is 0. The summed E-state index contributed by atoms with van der Waals surface area (Å²) in [6, 6.07) is 0.649. The minimum Gasteiger partial charge on any atom is -0.314 e. The maximum absolute atomic E-state index is 3.50. The van der Waals surface area contributed by atoms with Gasteiger partial charge >= 0.3 is 0 Å². The van der Waals surface area contributed by atoms with Gasteiger partial charge in [0.1, 0.15) is 0 Å². The van der Waals surface area contributed by atoms with E-state index in [0.29, 0.717) is 17.0 Å². The Labute approximate surface area is 89.1 Å². The summed E-state index contributed by atoms with van der Waals surface area (Å²) in [5, 5.41) is 3.50. The van der Waals surface area contributed by atoms with Crippen molar-refractivity contribution >= 4 is 0 Å². The van der Waals surface area contributed by atoms with Gasteiger partial charge < -0.3 is 5.32 Å². The summed E-state index contributed by atoms with van der Waals surface area (Å²) < 4.78 is 0. The number of hydrogen-bond acceptors (Lipinski definition) is 2. The summed E-state index contributed by atoms with van der Waals surface area (Å²) in [5.74, 6) is 0. The molecule has 0 unspecified atom stereocenters. The fourth-order valence-electron chi connectivity index (χ4n) is 2.28. The van der Waals surface area contributed by atoms with E-state index in [0.717, 1.165) is 13.1 Å². The molecule has 1 atom stereocenters. The third kappa shape index (κ3) is 2.71. The minimum absolute atomic E-state index is 0.292. The second-order valence-electron chi connectivity index (χ2n) is 6.45. The summed E-state index contributed by atoms with van der Waals surface area (Å²) in [5.41, 5.74) is 0.654. The molecule has 0 bridgehead atoms. The summed E-state index contributed by atoms with van der Waals surface area (Å²) in [6.45, 7) is 17.4. The van der Waals surface area contributed by atoms with Gasteiger partial charge in [-0.2, -0.15) is 0 Å². The largest absolute Gasteiger partial charge is 0.314 e. The van der Waals surface area contributed by atoms with E-state index < -0.39 is 0 Å². The molecule has 0 amide bonds. The van der Waals surface area contributed by atoms with E-state index in [1.165, 1.54) is 6.54 Å². The molecule has 0 spiro atoms. The molecular formula is C12H26N2. The predicted octanol–water partition coefficient (Wildman–Crippen LogP) is 2.10. The van der Waals surface area contributed by atoms with Crippen molar-refractivity contribution in [3.05, 3.63) is 0 Å². The van der Waals surface area contributed by atoms with Gasteiger partial charge in [-0.3, -0.25) is 4.90 Å². The lowest BCUT2D eigenvalue weighted by molar-refractivity contribution is 0.00534. The summed E-state index contributed by atoms with van der Waals surface area (Å²) in [7, 11) is 0. The average molecular weight is 198 g/mol. The van der Waals surface area contributed by atoms with E-state index >= 15 is 0 Å². The predicted molar refractivity (Wildman–Crippen MR) is 62.6 cm³/mol. The molecule has 1 aliphatic heterocycles.